The molecule has 0 aliphatic carbocycles. The molecular weight excluding hydrogens is 419 g/mol. The molecule has 0 N–H and O–H groups in total. The molecule has 4 rings (SSSR count). The van der Waals surface area contributed by atoms with Gasteiger partial charge in [-0.3, -0.25) is 0 Å². The number of esters is 2. The number of hydrogen-bond donors (Lipinski definition) is 0. The van der Waals surface area contributed by atoms with Crippen LogP contribution in [0.2, 0.25) is 0 Å². The Morgan fingerprint density at radius 1 is 0.562 bits per heavy atom. The molecule has 0 aliphatic heterocycles. The van der Waals surface area contributed by atoms with Gasteiger partial charge in [-0.1, -0.05) is 78.4 Å². The molecule has 1 unspecified atom stereocenters. The zero-order valence-corrected chi connectivity index (χ0v) is 18.8. The van der Waals surface area contributed by atoms with Gasteiger partial charge in [-0.15, -0.1) is 9.24 Å². The standard InChI is InChI=1S/C20H14O4.C7H9P/c21-19(23-15-9-3-1-4-10-15)17-13-7-8-14-18(17)20(22)24-16-11-5-2-6-12-16;1-6-2-4-7(8)5-3-6/h1-14H;2-5H,8H2,1H3. The van der Waals surface area contributed by atoms with Crippen molar-refractivity contribution in [2.24, 2.45) is 0 Å². The Balaban J connectivity index is 0.000000305. The monoisotopic (exact) mass is 442 g/mol. The van der Waals surface area contributed by atoms with E-state index in [2.05, 4.69) is 40.4 Å². The molecule has 4 aromatic rings. The van der Waals surface area contributed by atoms with Gasteiger partial charge in [0.15, 0.2) is 0 Å². The molecular formula is C27H23O4P. The maximum Gasteiger partial charge on any atom is 0.344 e. The number of ether oxygens (including phenoxy) is 2. The third-order valence-corrected chi connectivity index (χ3v) is 4.74. The highest BCUT2D eigenvalue weighted by molar-refractivity contribution is 7.27. The minimum Gasteiger partial charge on any atom is -0.423 e. The van der Waals surface area contributed by atoms with Crippen molar-refractivity contribution in [1.29, 1.82) is 0 Å². The molecule has 0 saturated carbocycles. The molecule has 4 nitrogen and oxygen atoms in total. The van der Waals surface area contributed by atoms with E-state index >= 15 is 0 Å². The molecule has 5 heteroatoms. The van der Waals surface area contributed by atoms with Crippen LogP contribution in [0.15, 0.2) is 109 Å². The first-order valence-corrected chi connectivity index (χ1v) is 10.6. The second kappa shape index (κ2) is 11.6. The van der Waals surface area contributed by atoms with Crippen molar-refractivity contribution in [3.8, 4) is 11.5 Å². The number of para-hydroxylation sites is 2. The van der Waals surface area contributed by atoms with Crippen molar-refractivity contribution in [1.82, 2.24) is 0 Å². The summed E-state index contributed by atoms with van der Waals surface area (Å²) in [6.07, 6.45) is 0. The summed E-state index contributed by atoms with van der Waals surface area (Å²) in [5.74, 6) is -0.397. The SMILES string of the molecule is Cc1ccc(P)cc1.O=C(Oc1ccccc1)c1ccccc1C(=O)Oc1ccccc1. The number of carbonyl (C=O) groups is 2. The predicted molar refractivity (Wildman–Crippen MR) is 130 cm³/mol. The number of benzene rings is 4. The zero-order chi connectivity index (χ0) is 22.8. The predicted octanol–water partition coefficient (Wildman–Crippen LogP) is 5.62. The molecule has 0 bridgehead atoms. The quantitative estimate of drug-likeness (QED) is 0.234. The average molecular weight is 442 g/mol. The first-order valence-electron chi connectivity index (χ1n) is 9.98. The van der Waals surface area contributed by atoms with E-state index in [1.54, 1.807) is 60.7 Å². The maximum absolute atomic E-state index is 12.4. The van der Waals surface area contributed by atoms with E-state index in [9.17, 15) is 9.59 Å². The molecule has 0 fully saturated rings. The van der Waals surface area contributed by atoms with Gasteiger partial charge in [0.25, 0.3) is 0 Å². The number of hydrogen-bond acceptors (Lipinski definition) is 4. The highest BCUT2D eigenvalue weighted by atomic mass is 31.0. The summed E-state index contributed by atoms with van der Waals surface area (Å²) in [5.41, 5.74) is 1.63. The topological polar surface area (TPSA) is 52.6 Å². The van der Waals surface area contributed by atoms with Gasteiger partial charge in [0, 0.05) is 0 Å². The largest absolute Gasteiger partial charge is 0.423 e. The molecule has 0 heterocycles. The van der Waals surface area contributed by atoms with Crippen LogP contribution in [0.25, 0.3) is 0 Å². The third-order valence-electron chi connectivity index (χ3n) is 4.35. The maximum atomic E-state index is 12.4. The van der Waals surface area contributed by atoms with Crippen molar-refractivity contribution < 1.29 is 19.1 Å². The summed E-state index contributed by atoms with van der Waals surface area (Å²) >= 11 is 0. The van der Waals surface area contributed by atoms with E-state index in [0.717, 1.165) is 0 Å². The molecule has 0 spiro atoms. The fourth-order valence-electron chi connectivity index (χ4n) is 2.71. The molecule has 0 aromatic heterocycles. The first-order chi connectivity index (χ1) is 15.5. The van der Waals surface area contributed by atoms with Crippen molar-refractivity contribution in [2.45, 2.75) is 6.92 Å². The number of aryl methyl sites for hydroxylation is 1. The lowest BCUT2D eigenvalue weighted by atomic mass is 10.1. The Hall–Kier alpha value is -3.75. The van der Waals surface area contributed by atoms with Crippen LogP contribution in [0.3, 0.4) is 0 Å². The van der Waals surface area contributed by atoms with Crippen LogP contribution in [0.5, 0.6) is 11.5 Å². The van der Waals surface area contributed by atoms with Crippen LogP contribution in [0, 0.1) is 6.92 Å². The number of rotatable bonds is 4. The van der Waals surface area contributed by atoms with Crippen molar-refractivity contribution >= 4 is 26.5 Å². The summed E-state index contributed by atoms with van der Waals surface area (Å²) in [7, 11) is 2.65. The van der Waals surface area contributed by atoms with Crippen LogP contribution < -0.4 is 14.8 Å². The van der Waals surface area contributed by atoms with Gasteiger partial charge in [-0.2, -0.15) is 0 Å². The van der Waals surface area contributed by atoms with Crippen LogP contribution in [-0.2, 0) is 0 Å². The molecule has 1 atom stereocenters. The molecule has 0 radical (unpaired) electrons. The van der Waals surface area contributed by atoms with Gasteiger partial charge < -0.3 is 9.47 Å². The molecule has 0 saturated heterocycles. The second-order valence-electron chi connectivity index (χ2n) is 6.86. The fourth-order valence-corrected chi connectivity index (χ4v) is 2.90. The Labute approximate surface area is 190 Å². The van der Waals surface area contributed by atoms with Crippen molar-refractivity contribution in [3.05, 3.63) is 126 Å². The Morgan fingerprint density at radius 2 is 0.938 bits per heavy atom. The van der Waals surface area contributed by atoms with Crippen molar-refractivity contribution in [3.63, 3.8) is 0 Å². The minimum absolute atomic E-state index is 0.155. The highest BCUT2D eigenvalue weighted by Gasteiger charge is 2.20. The van der Waals surface area contributed by atoms with E-state index in [1.807, 2.05) is 12.1 Å². The molecule has 0 amide bonds. The van der Waals surface area contributed by atoms with E-state index in [1.165, 1.54) is 23.0 Å². The third kappa shape index (κ3) is 6.90. The zero-order valence-electron chi connectivity index (χ0n) is 17.6. The van der Waals surface area contributed by atoms with E-state index in [4.69, 9.17) is 9.47 Å². The van der Waals surface area contributed by atoms with Gasteiger partial charge in [-0.25, -0.2) is 9.59 Å². The molecule has 32 heavy (non-hydrogen) atoms. The average Bonchev–Trinajstić information content (AvgIpc) is 2.83. The van der Waals surface area contributed by atoms with E-state index in [-0.39, 0.29) is 11.1 Å². The first kappa shape index (κ1) is 22.9. The smallest absolute Gasteiger partial charge is 0.344 e. The van der Waals surface area contributed by atoms with Gasteiger partial charge in [0.05, 0.1) is 11.1 Å². The summed E-state index contributed by atoms with van der Waals surface area (Å²) < 4.78 is 10.6. The lowest BCUT2D eigenvalue weighted by molar-refractivity contribution is 0.0692. The van der Waals surface area contributed by atoms with Crippen molar-refractivity contribution in [2.75, 3.05) is 0 Å². The Kier molecular flexibility index (Phi) is 8.30. The van der Waals surface area contributed by atoms with Gasteiger partial charge in [0.2, 0.25) is 0 Å². The minimum atomic E-state index is -0.609. The summed E-state index contributed by atoms with van der Waals surface area (Å²) in [5, 5.41) is 1.25. The van der Waals surface area contributed by atoms with E-state index < -0.39 is 11.9 Å². The second-order valence-corrected chi connectivity index (χ2v) is 7.53. The molecule has 0 aliphatic rings. The van der Waals surface area contributed by atoms with Crippen LogP contribution in [0.1, 0.15) is 26.3 Å². The summed E-state index contributed by atoms with van der Waals surface area (Å²) in [6, 6.07) is 32.1. The molecule has 160 valence electrons. The Bertz CT molecular complexity index is 1060. The van der Waals surface area contributed by atoms with Crippen LogP contribution >= 0.6 is 9.24 Å². The van der Waals surface area contributed by atoms with Crippen LogP contribution in [-0.4, -0.2) is 11.9 Å². The number of carbonyl (C=O) groups excluding carboxylic acids is 2. The summed E-state index contributed by atoms with van der Waals surface area (Å²) in [4.78, 5) is 24.7. The Morgan fingerprint density at radius 3 is 1.31 bits per heavy atom. The van der Waals surface area contributed by atoms with Gasteiger partial charge >= 0.3 is 11.9 Å². The summed E-state index contributed by atoms with van der Waals surface area (Å²) in [6.45, 7) is 2.09. The van der Waals surface area contributed by atoms with Gasteiger partial charge in [-0.05, 0) is 48.6 Å². The molecule has 4 aromatic carbocycles. The lowest BCUT2D eigenvalue weighted by Gasteiger charge is -2.09. The highest BCUT2D eigenvalue weighted by Crippen LogP contribution is 2.17. The lowest BCUT2D eigenvalue weighted by Crippen LogP contribution is -2.17. The van der Waals surface area contributed by atoms with Gasteiger partial charge in [0.1, 0.15) is 11.5 Å². The van der Waals surface area contributed by atoms with Crippen LogP contribution in [0.4, 0.5) is 0 Å². The fraction of sp³-hybridized carbons (Fsp3) is 0.0370. The van der Waals surface area contributed by atoms with E-state index in [0.29, 0.717) is 11.5 Å². The normalized spacial score (nSPS) is 9.81.